The summed E-state index contributed by atoms with van der Waals surface area (Å²) in [6.07, 6.45) is -0.416. The number of rotatable bonds is 9. The van der Waals surface area contributed by atoms with Crippen molar-refractivity contribution in [3.05, 3.63) is 75.6 Å². The van der Waals surface area contributed by atoms with Gasteiger partial charge in [0, 0.05) is 18.1 Å². The second-order valence-electron chi connectivity index (χ2n) is 6.23. The molecular formula is C20H19FN2O7. The Kier molecular flexibility index (Phi) is 7.56. The Bertz CT molecular complexity index is 946. The largest absolute Gasteiger partial charge is 0.480 e. The van der Waals surface area contributed by atoms with Gasteiger partial charge >= 0.3 is 11.9 Å². The van der Waals surface area contributed by atoms with Crippen LogP contribution in [0.3, 0.4) is 0 Å². The van der Waals surface area contributed by atoms with E-state index in [9.17, 15) is 34.0 Å². The van der Waals surface area contributed by atoms with Gasteiger partial charge in [0.05, 0.1) is 23.5 Å². The Labute approximate surface area is 170 Å². The van der Waals surface area contributed by atoms with Crippen molar-refractivity contribution in [1.29, 1.82) is 0 Å². The van der Waals surface area contributed by atoms with Crippen molar-refractivity contribution in [3.8, 4) is 0 Å². The molecule has 0 spiro atoms. The first-order chi connectivity index (χ1) is 14.2. The predicted octanol–water partition coefficient (Wildman–Crippen LogP) is 2.65. The number of benzene rings is 2. The number of esters is 1. The smallest absolute Gasteiger partial charge is 0.326 e. The van der Waals surface area contributed by atoms with Crippen LogP contribution in [0.2, 0.25) is 0 Å². The van der Waals surface area contributed by atoms with Crippen LogP contribution in [0.1, 0.15) is 35.2 Å². The highest BCUT2D eigenvalue weighted by Crippen LogP contribution is 2.27. The lowest BCUT2D eigenvalue weighted by Gasteiger charge is -2.25. The molecule has 2 atom stereocenters. The Morgan fingerprint density at radius 1 is 1.17 bits per heavy atom. The van der Waals surface area contributed by atoms with Crippen LogP contribution >= 0.6 is 0 Å². The number of carbonyl (C=O) groups is 3. The van der Waals surface area contributed by atoms with Crippen molar-refractivity contribution in [3.63, 3.8) is 0 Å². The molecular weight excluding hydrogens is 399 g/mol. The Morgan fingerprint density at radius 3 is 2.33 bits per heavy atom. The van der Waals surface area contributed by atoms with Crippen LogP contribution in [0.4, 0.5) is 10.1 Å². The number of halogens is 1. The van der Waals surface area contributed by atoms with Crippen LogP contribution in [0.15, 0.2) is 48.5 Å². The molecule has 30 heavy (non-hydrogen) atoms. The lowest BCUT2D eigenvalue weighted by molar-refractivity contribution is -0.384. The second-order valence-corrected chi connectivity index (χ2v) is 6.23. The topological polar surface area (TPSA) is 136 Å². The first kappa shape index (κ1) is 22.5. The number of nitrogens with one attached hydrogen (secondary N) is 1. The third-order valence-corrected chi connectivity index (χ3v) is 4.30. The van der Waals surface area contributed by atoms with E-state index in [0.717, 1.165) is 18.2 Å². The summed E-state index contributed by atoms with van der Waals surface area (Å²) in [5, 5.41) is 22.8. The van der Waals surface area contributed by atoms with Gasteiger partial charge in [-0.25, -0.2) is 9.18 Å². The van der Waals surface area contributed by atoms with Gasteiger partial charge in [-0.3, -0.25) is 19.7 Å². The maximum Gasteiger partial charge on any atom is 0.326 e. The molecule has 2 rings (SSSR count). The maximum absolute atomic E-state index is 13.9. The van der Waals surface area contributed by atoms with Gasteiger partial charge in [0.25, 0.3) is 11.6 Å². The summed E-state index contributed by atoms with van der Waals surface area (Å²) >= 11 is 0. The third-order valence-electron chi connectivity index (χ3n) is 4.30. The first-order valence-electron chi connectivity index (χ1n) is 8.92. The van der Waals surface area contributed by atoms with Crippen LogP contribution < -0.4 is 5.32 Å². The summed E-state index contributed by atoms with van der Waals surface area (Å²) in [4.78, 5) is 46.6. The lowest BCUT2D eigenvalue weighted by Crippen LogP contribution is -2.46. The number of nitrogens with zero attached hydrogens (tertiary/aromatic N) is 1. The molecule has 0 saturated carbocycles. The maximum atomic E-state index is 13.9. The summed E-state index contributed by atoms with van der Waals surface area (Å²) in [6.45, 7) is 1.64. The molecule has 0 heterocycles. The van der Waals surface area contributed by atoms with E-state index in [2.05, 4.69) is 5.32 Å². The second kappa shape index (κ2) is 10.1. The molecule has 0 aliphatic rings. The number of non-ortho nitro benzene ring substituents is 1. The number of nitro benzene ring substituents is 1. The molecule has 2 aromatic carbocycles. The van der Waals surface area contributed by atoms with E-state index >= 15 is 0 Å². The molecule has 0 aromatic heterocycles. The standard InChI is InChI=1S/C20H19FN2O7/c1-2-30-17(24)11-15(12-7-9-13(10-8-12)23(28)29)18(20(26)27)22-19(25)14-5-3-4-6-16(14)21/h3-10,15,18H,2,11H2,1H3,(H,22,25)(H,26,27)/t15-,18-/m1/s1. The summed E-state index contributed by atoms with van der Waals surface area (Å²) in [7, 11) is 0. The molecule has 1 amide bonds. The summed E-state index contributed by atoms with van der Waals surface area (Å²) in [5.41, 5.74) is -0.326. The van der Waals surface area contributed by atoms with E-state index in [1.54, 1.807) is 6.92 Å². The van der Waals surface area contributed by atoms with Gasteiger partial charge < -0.3 is 15.2 Å². The van der Waals surface area contributed by atoms with Crippen molar-refractivity contribution in [2.45, 2.75) is 25.3 Å². The van der Waals surface area contributed by atoms with Gasteiger partial charge in [-0.1, -0.05) is 24.3 Å². The number of hydrogen-bond donors (Lipinski definition) is 2. The number of carboxylic acids is 1. The van der Waals surface area contributed by atoms with Crippen molar-refractivity contribution in [2.75, 3.05) is 6.61 Å². The van der Waals surface area contributed by atoms with Crippen LogP contribution in [-0.2, 0) is 14.3 Å². The quantitative estimate of drug-likeness (QED) is 0.363. The van der Waals surface area contributed by atoms with Crippen molar-refractivity contribution in [2.24, 2.45) is 0 Å². The van der Waals surface area contributed by atoms with Crippen molar-refractivity contribution in [1.82, 2.24) is 5.32 Å². The molecule has 0 aliphatic heterocycles. The number of ether oxygens (including phenoxy) is 1. The lowest BCUT2D eigenvalue weighted by atomic mass is 9.88. The molecule has 0 radical (unpaired) electrons. The predicted molar refractivity (Wildman–Crippen MR) is 102 cm³/mol. The van der Waals surface area contributed by atoms with E-state index in [1.165, 1.54) is 30.3 Å². The number of nitro groups is 1. The highest BCUT2D eigenvalue weighted by Gasteiger charge is 2.34. The number of carbonyl (C=O) groups excluding carboxylic acids is 2. The fourth-order valence-corrected chi connectivity index (χ4v) is 2.87. The van der Waals surface area contributed by atoms with Gasteiger partial charge in [0.1, 0.15) is 11.9 Å². The zero-order valence-electron chi connectivity index (χ0n) is 15.9. The molecule has 0 aliphatic carbocycles. The zero-order chi connectivity index (χ0) is 22.3. The Morgan fingerprint density at radius 2 is 1.80 bits per heavy atom. The minimum atomic E-state index is -1.62. The highest BCUT2D eigenvalue weighted by atomic mass is 19.1. The highest BCUT2D eigenvalue weighted by molar-refractivity contribution is 5.97. The minimum absolute atomic E-state index is 0.0607. The van der Waals surface area contributed by atoms with E-state index in [0.29, 0.717) is 0 Å². The zero-order valence-corrected chi connectivity index (χ0v) is 15.9. The van der Waals surface area contributed by atoms with Crippen LogP contribution in [0.25, 0.3) is 0 Å². The van der Waals surface area contributed by atoms with E-state index in [1.807, 2.05) is 0 Å². The van der Waals surface area contributed by atoms with E-state index in [4.69, 9.17) is 4.74 Å². The van der Waals surface area contributed by atoms with Gasteiger partial charge in [0.2, 0.25) is 0 Å². The van der Waals surface area contributed by atoms with Gasteiger partial charge in [-0.2, -0.15) is 0 Å². The number of carboxylic acid groups (broad SMARTS) is 1. The SMILES string of the molecule is CCOC(=O)C[C@H](c1ccc([N+](=O)[O-])cc1)[C@@H](NC(=O)c1ccccc1F)C(=O)O. The normalized spacial score (nSPS) is 12.5. The molecule has 0 fully saturated rings. The third kappa shape index (κ3) is 5.60. The van der Waals surface area contributed by atoms with Gasteiger partial charge in [0.15, 0.2) is 0 Å². The molecule has 158 valence electrons. The average molecular weight is 418 g/mol. The van der Waals surface area contributed by atoms with Crippen molar-refractivity contribution < 1.29 is 33.5 Å². The molecule has 0 saturated heterocycles. The Balaban J connectivity index is 2.39. The number of amides is 1. The van der Waals surface area contributed by atoms with E-state index < -0.39 is 47.0 Å². The average Bonchev–Trinajstić information content (AvgIpc) is 2.70. The monoisotopic (exact) mass is 418 g/mol. The molecule has 10 heteroatoms. The summed E-state index contributed by atoms with van der Waals surface area (Å²) < 4.78 is 18.8. The van der Waals surface area contributed by atoms with Crippen LogP contribution in [-0.4, -0.2) is 40.5 Å². The molecule has 0 bridgehead atoms. The van der Waals surface area contributed by atoms with Crippen LogP contribution in [0.5, 0.6) is 0 Å². The molecule has 2 N–H and O–H groups in total. The fraction of sp³-hybridized carbons (Fsp3) is 0.250. The number of hydrogen-bond acceptors (Lipinski definition) is 6. The summed E-state index contributed by atoms with van der Waals surface area (Å²) in [5.74, 6) is -5.11. The van der Waals surface area contributed by atoms with Gasteiger partial charge in [-0.15, -0.1) is 0 Å². The first-order valence-corrected chi connectivity index (χ1v) is 8.92. The summed E-state index contributed by atoms with van der Waals surface area (Å²) in [6, 6.07) is 8.33. The molecule has 2 aromatic rings. The number of aliphatic carboxylic acids is 1. The Hall–Kier alpha value is -3.82. The van der Waals surface area contributed by atoms with Crippen molar-refractivity contribution >= 4 is 23.5 Å². The van der Waals surface area contributed by atoms with Gasteiger partial charge in [-0.05, 0) is 24.6 Å². The fourth-order valence-electron chi connectivity index (χ4n) is 2.87. The van der Waals surface area contributed by atoms with Crippen LogP contribution in [0, 0.1) is 15.9 Å². The minimum Gasteiger partial charge on any atom is -0.480 e. The molecule has 9 nitrogen and oxygen atoms in total. The molecule has 0 unspecified atom stereocenters. The van der Waals surface area contributed by atoms with E-state index in [-0.39, 0.29) is 23.4 Å².